The lowest BCUT2D eigenvalue weighted by molar-refractivity contribution is -0.104. The SMILES string of the molecule is C/C(C=O)=C\c1ccc(C(C)C)cc1O. The monoisotopic (exact) mass is 204 g/mol. The van der Waals surface area contributed by atoms with E-state index < -0.39 is 0 Å². The van der Waals surface area contributed by atoms with Gasteiger partial charge in [-0.25, -0.2) is 0 Å². The zero-order valence-corrected chi connectivity index (χ0v) is 9.32. The van der Waals surface area contributed by atoms with Gasteiger partial charge in [0.15, 0.2) is 0 Å². The fourth-order valence-electron chi connectivity index (χ4n) is 1.32. The van der Waals surface area contributed by atoms with Crippen molar-refractivity contribution in [2.45, 2.75) is 26.7 Å². The number of carbonyl (C=O) groups is 1. The first-order chi connectivity index (χ1) is 7.04. The molecule has 0 saturated carbocycles. The Bertz CT molecular complexity index is 390. The number of benzene rings is 1. The normalized spacial score (nSPS) is 11.9. The van der Waals surface area contributed by atoms with Gasteiger partial charge in [-0.2, -0.15) is 0 Å². The predicted molar refractivity (Wildman–Crippen MR) is 61.9 cm³/mol. The number of phenolic OH excluding ortho intramolecular Hbond substituents is 1. The predicted octanol–water partition coefficient (Wildman–Crippen LogP) is 3.12. The first kappa shape index (κ1) is 11.5. The highest BCUT2D eigenvalue weighted by Gasteiger charge is 2.03. The maximum atomic E-state index is 10.4. The molecular weight excluding hydrogens is 188 g/mol. The second-order valence-electron chi connectivity index (χ2n) is 3.98. The summed E-state index contributed by atoms with van der Waals surface area (Å²) in [5, 5.41) is 9.72. The van der Waals surface area contributed by atoms with Crippen LogP contribution in [0.2, 0.25) is 0 Å². The largest absolute Gasteiger partial charge is 0.507 e. The third-order valence-electron chi connectivity index (χ3n) is 2.29. The van der Waals surface area contributed by atoms with Gasteiger partial charge in [0.25, 0.3) is 0 Å². The molecule has 0 heterocycles. The van der Waals surface area contributed by atoms with Crippen LogP contribution >= 0.6 is 0 Å². The van der Waals surface area contributed by atoms with Gasteiger partial charge in [-0.3, -0.25) is 4.79 Å². The molecule has 15 heavy (non-hydrogen) atoms. The van der Waals surface area contributed by atoms with E-state index in [1.54, 1.807) is 19.1 Å². The van der Waals surface area contributed by atoms with Crippen molar-refractivity contribution in [2.24, 2.45) is 0 Å². The van der Waals surface area contributed by atoms with Gasteiger partial charge in [-0.1, -0.05) is 26.0 Å². The van der Waals surface area contributed by atoms with Crippen LogP contribution in [0, 0.1) is 0 Å². The Morgan fingerprint density at radius 3 is 2.53 bits per heavy atom. The second-order valence-corrected chi connectivity index (χ2v) is 3.98. The van der Waals surface area contributed by atoms with E-state index in [1.807, 2.05) is 12.1 Å². The molecule has 0 saturated heterocycles. The van der Waals surface area contributed by atoms with Crippen molar-refractivity contribution in [3.63, 3.8) is 0 Å². The maximum Gasteiger partial charge on any atom is 0.145 e. The number of hydrogen-bond acceptors (Lipinski definition) is 2. The van der Waals surface area contributed by atoms with E-state index in [4.69, 9.17) is 0 Å². The number of carbonyl (C=O) groups excluding carboxylic acids is 1. The van der Waals surface area contributed by atoms with Crippen molar-refractivity contribution in [2.75, 3.05) is 0 Å². The number of rotatable bonds is 3. The van der Waals surface area contributed by atoms with Crippen molar-refractivity contribution in [3.8, 4) is 5.75 Å². The molecule has 0 radical (unpaired) electrons. The molecule has 0 aliphatic heterocycles. The molecule has 0 spiro atoms. The van der Waals surface area contributed by atoms with Crippen LogP contribution in [0.15, 0.2) is 23.8 Å². The fraction of sp³-hybridized carbons (Fsp3) is 0.308. The first-order valence-electron chi connectivity index (χ1n) is 5.01. The molecule has 0 aromatic heterocycles. The smallest absolute Gasteiger partial charge is 0.145 e. The van der Waals surface area contributed by atoms with Gasteiger partial charge >= 0.3 is 0 Å². The Morgan fingerprint density at radius 2 is 2.07 bits per heavy atom. The lowest BCUT2D eigenvalue weighted by Gasteiger charge is -2.07. The Morgan fingerprint density at radius 1 is 1.40 bits per heavy atom. The van der Waals surface area contributed by atoms with E-state index in [1.165, 1.54) is 0 Å². The summed E-state index contributed by atoms with van der Waals surface area (Å²) in [4.78, 5) is 10.4. The minimum absolute atomic E-state index is 0.224. The Kier molecular flexibility index (Phi) is 3.67. The Balaban J connectivity index is 3.08. The van der Waals surface area contributed by atoms with Crippen molar-refractivity contribution in [3.05, 3.63) is 34.9 Å². The quantitative estimate of drug-likeness (QED) is 0.606. The molecule has 0 bridgehead atoms. The topological polar surface area (TPSA) is 37.3 Å². The van der Waals surface area contributed by atoms with Crippen LogP contribution in [0.25, 0.3) is 6.08 Å². The lowest BCUT2D eigenvalue weighted by atomic mass is 10.0. The average molecular weight is 204 g/mol. The Hall–Kier alpha value is -1.57. The van der Waals surface area contributed by atoms with Gasteiger partial charge < -0.3 is 5.11 Å². The highest BCUT2D eigenvalue weighted by molar-refractivity contribution is 5.81. The second kappa shape index (κ2) is 4.78. The third-order valence-corrected chi connectivity index (χ3v) is 2.29. The molecule has 0 fully saturated rings. The summed E-state index contributed by atoms with van der Waals surface area (Å²) in [5.41, 5.74) is 2.38. The van der Waals surface area contributed by atoms with Gasteiger partial charge in [0.05, 0.1) is 0 Å². The van der Waals surface area contributed by atoms with Gasteiger partial charge in [0, 0.05) is 5.56 Å². The molecule has 0 aliphatic rings. The highest BCUT2D eigenvalue weighted by Crippen LogP contribution is 2.25. The molecule has 0 amide bonds. The molecule has 1 aromatic carbocycles. The summed E-state index contributed by atoms with van der Waals surface area (Å²) in [6.07, 6.45) is 2.45. The highest BCUT2D eigenvalue weighted by atomic mass is 16.3. The van der Waals surface area contributed by atoms with Gasteiger partial charge in [0.1, 0.15) is 12.0 Å². The summed E-state index contributed by atoms with van der Waals surface area (Å²) >= 11 is 0. The van der Waals surface area contributed by atoms with Gasteiger partial charge in [-0.15, -0.1) is 0 Å². The molecule has 0 unspecified atom stereocenters. The molecule has 2 heteroatoms. The number of aromatic hydroxyl groups is 1. The number of aldehydes is 1. The lowest BCUT2D eigenvalue weighted by Crippen LogP contribution is -1.88. The first-order valence-corrected chi connectivity index (χ1v) is 5.01. The van der Waals surface area contributed by atoms with Crippen molar-refractivity contribution < 1.29 is 9.90 Å². The van der Waals surface area contributed by atoms with E-state index in [0.717, 1.165) is 11.8 Å². The van der Waals surface area contributed by atoms with Crippen molar-refractivity contribution in [1.82, 2.24) is 0 Å². The number of phenols is 1. The van der Waals surface area contributed by atoms with E-state index in [-0.39, 0.29) is 5.75 Å². The van der Waals surface area contributed by atoms with Crippen LogP contribution in [-0.2, 0) is 4.79 Å². The van der Waals surface area contributed by atoms with Gasteiger partial charge in [0.2, 0.25) is 0 Å². The summed E-state index contributed by atoms with van der Waals surface area (Å²) in [6.45, 7) is 5.85. The van der Waals surface area contributed by atoms with Gasteiger partial charge in [-0.05, 0) is 36.1 Å². The summed E-state index contributed by atoms with van der Waals surface area (Å²) in [6, 6.07) is 5.54. The molecule has 0 atom stereocenters. The zero-order chi connectivity index (χ0) is 11.4. The molecule has 2 nitrogen and oxygen atoms in total. The maximum absolute atomic E-state index is 10.4. The molecule has 0 aliphatic carbocycles. The number of hydrogen-bond donors (Lipinski definition) is 1. The molecular formula is C13H16O2. The van der Waals surface area contributed by atoms with E-state index in [0.29, 0.717) is 17.1 Å². The number of allylic oxidation sites excluding steroid dienone is 1. The third kappa shape index (κ3) is 2.94. The molecule has 1 rings (SSSR count). The standard InChI is InChI=1S/C13H16O2/c1-9(2)11-4-5-12(13(15)7-11)6-10(3)8-14/h4-9,15H,1-3H3/b10-6+. The molecule has 1 aromatic rings. The van der Waals surface area contributed by atoms with Crippen LogP contribution in [0.5, 0.6) is 5.75 Å². The van der Waals surface area contributed by atoms with Crippen LogP contribution in [0.3, 0.4) is 0 Å². The minimum Gasteiger partial charge on any atom is -0.507 e. The fourth-order valence-corrected chi connectivity index (χ4v) is 1.32. The average Bonchev–Trinajstić information content (AvgIpc) is 2.20. The van der Waals surface area contributed by atoms with Crippen LogP contribution < -0.4 is 0 Å². The Labute approximate surface area is 90.3 Å². The van der Waals surface area contributed by atoms with Crippen LogP contribution in [0.1, 0.15) is 37.8 Å². The van der Waals surface area contributed by atoms with Crippen LogP contribution in [-0.4, -0.2) is 11.4 Å². The summed E-state index contributed by atoms with van der Waals surface area (Å²) in [7, 11) is 0. The van der Waals surface area contributed by atoms with Crippen molar-refractivity contribution >= 4 is 12.4 Å². The van der Waals surface area contributed by atoms with Crippen molar-refractivity contribution in [1.29, 1.82) is 0 Å². The molecule has 1 N–H and O–H groups in total. The molecule has 80 valence electrons. The van der Waals surface area contributed by atoms with Crippen LogP contribution in [0.4, 0.5) is 0 Å². The van der Waals surface area contributed by atoms with E-state index >= 15 is 0 Å². The summed E-state index contributed by atoms with van der Waals surface area (Å²) < 4.78 is 0. The summed E-state index contributed by atoms with van der Waals surface area (Å²) in [5.74, 6) is 0.614. The minimum atomic E-state index is 0.224. The van der Waals surface area contributed by atoms with E-state index in [2.05, 4.69) is 13.8 Å². The zero-order valence-electron chi connectivity index (χ0n) is 9.32. The van der Waals surface area contributed by atoms with E-state index in [9.17, 15) is 9.90 Å².